The fourth-order valence-electron chi connectivity index (χ4n) is 1.26. The molecule has 0 saturated heterocycles. The van der Waals surface area contributed by atoms with Gasteiger partial charge in [-0.2, -0.15) is 4.98 Å². The van der Waals surface area contributed by atoms with Gasteiger partial charge in [0.25, 0.3) is 5.91 Å². The topological polar surface area (TPSA) is 79.9 Å². The van der Waals surface area contributed by atoms with E-state index in [4.69, 9.17) is 4.74 Å². The molecule has 2 aromatic rings. The van der Waals surface area contributed by atoms with Crippen molar-refractivity contribution in [3.8, 4) is 6.01 Å². The molecule has 1 heterocycles. The molecule has 18 heavy (non-hydrogen) atoms. The summed E-state index contributed by atoms with van der Waals surface area (Å²) >= 11 is 6.63. The fourth-order valence-corrected chi connectivity index (χ4v) is 2.55. The van der Waals surface area contributed by atoms with E-state index in [1.807, 2.05) is 6.07 Å². The van der Waals surface area contributed by atoms with Crippen LogP contribution in [-0.2, 0) is 0 Å². The van der Waals surface area contributed by atoms with Gasteiger partial charge in [0, 0.05) is 14.5 Å². The van der Waals surface area contributed by atoms with Crippen LogP contribution in [0, 0.1) is 0 Å². The summed E-state index contributed by atoms with van der Waals surface area (Å²) in [6.07, 6.45) is 0. The number of methoxy groups -OCH3 is 1. The monoisotopic (exact) mass is 374 g/mol. The molecule has 0 fully saturated rings. The number of rotatable bonds is 3. The summed E-state index contributed by atoms with van der Waals surface area (Å²) in [4.78, 5) is 15.8. The third kappa shape index (κ3) is 3.08. The summed E-state index contributed by atoms with van der Waals surface area (Å²) in [7, 11) is 1.44. The standard InChI is InChI=1S/C10H8Br2N4O2/c1-18-10-14-9(15-16-10)13-8(17)5-2-6(11)4-7(12)3-5/h2-4H,1H3,(H2,13,14,15,16,17). The second-order valence-electron chi connectivity index (χ2n) is 3.28. The zero-order valence-corrected chi connectivity index (χ0v) is 12.4. The Kier molecular flexibility index (Phi) is 3.97. The second kappa shape index (κ2) is 5.49. The largest absolute Gasteiger partial charge is 0.466 e. The average molecular weight is 376 g/mol. The predicted molar refractivity (Wildman–Crippen MR) is 72.7 cm³/mol. The van der Waals surface area contributed by atoms with Crippen LogP contribution >= 0.6 is 31.9 Å². The van der Waals surface area contributed by atoms with Gasteiger partial charge in [0.05, 0.1) is 7.11 Å². The van der Waals surface area contributed by atoms with Crippen LogP contribution in [0.25, 0.3) is 0 Å². The van der Waals surface area contributed by atoms with Crippen LogP contribution in [0.4, 0.5) is 5.95 Å². The van der Waals surface area contributed by atoms with Crippen LogP contribution in [0.1, 0.15) is 10.4 Å². The van der Waals surface area contributed by atoms with E-state index >= 15 is 0 Å². The molecule has 1 aromatic heterocycles. The van der Waals surface area contributed by atoms with Gasteiger partial charge in [-0.15, -0.1) is 5.10 Å². The molecular weight excluding hydrogens is 368 g/mol. The molecule has 0 saturated carbocycles. The van der Waals surface area contributed by atoms with Gasteiger partial charge < -0.3 is 4.74 Å². The number of hydrogen-bond acceptors (Lipinski definition) is 4. The van der Waals surface area contributed by atoms with Crippen LogP contribution in [0.3, 0.4) is 0 Å². The Morgan fingerprint density at radius 2 is 2.00 bits per heavy atom. The number of halogens is 2. The van der Waals surface area contributed by atoms with E-state index in [1.165, 1.54) is 7.11 Å². The predicted octanol–water partition coefficient (Wildman–Crippen LogP) is 2.59. The lowest BCUT2D eigenvalue weighted by molar-refractivity contribution is 0.102. The summed E-state index contributed by atoms with van der Waals surface area (Å²) in [5.41, 5.74) is 0.492. The minimum absolute atomic E-state index is 0.167. The van der Waals surface area contributed by atoms with Gasteiger partial charge in [0.1, 0.15) is 0 Å². The lowest BCUT2D eigenvalue weighted by Crippen LogP contribution is -2.13. The van der Waals surface area contributed by atoms with Crippen LogP contribution in [0.2, 0.25) is 0 Å². The zero-order valence-electron chi connectivity index (χ0n) is 9.20. The zero-order chi connectivity index (χ0) is 13.1. The van der Waals surface area contributed by atoms with Crippen molar-refractivity contribution in [2.24, 2.45) is 0 Å². The SMILES string of the molecule is COc1n[nH]c(NC(=O)c2cc(Br)cc(Br)c2)n1. The number of anilines is 1. The lowest BCUT2D eigenvalue weighted by Gasteiger charge is -2.03. The molecule has 1 amide bonds. The molecule has 0 unspecified atom stereocenters. The summed E-state index contributed by atoms with van der Waals surface area (Å²) < 4.78 is 6.41. The normalized spacial score (nSPS) is 10.2. The molecule has 0 aliphatic carbocycles. The first-order chi connectivity index (χ1) is 8.58. The highest BCUT2D eigenvalue weighted by atomic mass is 79.9. The third-order valence-electron chi connectivity index (χ3n) is 2.00. The minimum atomic E-state index is -0.296. The van der Waals surface area contributed by atoms with Crippen molar-refractivity contribution in [2.75, 3.05) is 12.4 Å². The van der Waals surface area contributed by atoms with Crippen molar-refractivity contribution in [3.63, 3.8) is 0 Å². The number of aromatic nitrogens is 3. The Morgan fingerprint density at radius 1 is 1.33 bits per heavy atom. The number of carbonyl (C=O) groups is 1. The molecule has 8 heteroatoms. The Balaban J connectivity index is 2.16. The molecule has 2 rings (SSSR count). The minimum Gasteiger partial charge on any atom is -0.466 e. The molecule has 1 aromatic carbocycles. The van der Waals surface area contributed by atoms with Gasteiger partial charge >= 0.3 is 6.01 Å². The van der Waals surface area contributed by atoms with Crippen molar-refractivity contribution >= 4 is 43.7 Å². The number of benzene rings is 1. The summed E-state index contributed by atoms with van der Waals surface area (Å²) in [6.45, 7) is 0. The lowest BCUT2D eigenvalue weighted by atomic mass is 10.2. The Labute approximate surface area is 119 Å². The van der Waals surface area contributed by atoms with Crippen molar-refractivity contribution in [3.05, 3.63) is 32.7 Å². The van der Waals surface area contributed by atoms with E-state index in [9.17, 15) is 4.79 Å². The second-order valence-corrected chi connectivity index (χ2v) is 5.11. The average Bonchev–Trinajstić information content (AvgIpc) is 2.75. The van der Waals surface area contributed by atoms with E-state index in [0.29, 0.717) is 5.56 Å². The van der Waals surface area contributed by atoms with E-state index < -0.39 is 0 Å². The van der Waals surface area contributed by atoms with Crippen LogP contribution < -0.4 is 10.1 Å². The summed E-state index contributed by atoms with van der Waals surface area (Å²) in [5, 5.41) is 8.85. The smallest absolute Gasteiger partial charge is 0.336 e. The summed E-state index contributed by atoms with van der Waals surface area (Å²) in [6, 6.07) is 5.41. The van der Waals surface area contributed by atoms with Gasteiger partial charge in [-0.25, -0.2) is 5.10 Å². The first-order valence-electron chi connectivity index (χ1n) is 4.82. The maximum atomic E-state index is 11.9. The number of nitrogens with one attached hydrogen (secondary N) is 2. The van der Waals surface area contributed by atoms with Gasteiger partial charge in [-0.3, -0.25) is 10.1 Å². The molecule has 0 bridgehead atoms. The molecule has 0 spiro atoms. The highest BCUT2D eigenvalue weighted by Gasteiger charge is 2.10. The molecule has 94 valence electrons. The van der Waals surface area contributed by atoms with Gasteiger partial charge in [-0.1, -0.05) is 31.9 Å². The maximum Gasteiger partial charge on any atom is 0.336 e. The van der Waals surface area contributed by atoms with Crippen LogP contribution in [-0.4, -0.2) is 28.2 Å². The third-order valence-corrected chi connectivity index (χ3v) is 2.92. The van der Waals surface area contributed by atoms with Crippen molar-refractivity contribution in [1.29, 1.82) is 0 Å². The molecule has 0 radical (unpaired) electrons. The number of hydrogen-bond donors (Lipinski definition) is 2. The summed E-state index contributed by atoms with van der Waals surface area (Å²) in [5.74, 6) is -0.0660. The first kappa shape index (κ1) is 13.0. The fraction of sp³-hybridized carbons (Fsp3) is 0.100. The molecule has 6 nitrogen and oxygen atoms in total. The molecule has 0 aliphatic heterocycles. The van der Waals surface area contributed by atoms with Crippen LogP contribution in [0.5, 0.6) is 6.01 Å². The van der Waals surface area contributed by atoms with Crippen LogP contribution in [0.15, 0.2) is 27.1 Å². The van der Waals surface area contributed by atoms with Gasteiger partial charge in [0.15, 0.2) is 0 Å². The number of amides is 1. The van der Waals surface area contributed by atoms with Crippen molar-refractivity contribution < 1.29 is 9.53 Å². The van der Waals surface area contributed by atoms with Gasteiger partial charge in [-0.05, 0) is 18.2 Å². The quantitative estimate of drug-likeness (QED) is 0.864. The highest BCUT2D eigenvalue weighted by Crippen LogP contribution is 2.20. The number of nitrogens with zero attached hydrogens (tertiary/aromatic N) is 2. The molecular formula is C10H8Br2N4O2. The Hall–Kier alpha value is -1.41. The van der Waals surface area contributed by atoms with E-state index in [2.05, 4.69) is 52.4 Å². The van der Waals surface area contributed by atoms with E-state index in [0.717, 1.165) is 8.95 Å². The number of aromatic amines is 1. The maximum absolute atomic E-state index is 11.9. The molecule has 2 N–H and O–H groups in total. The number of H-pyrrole nitrogens is 1. The number of carbonyl (C=O) groups excluding carboxylic acids is 1. The Bertz CT molecular complexity index is 565. The number of ether oxygens (including phenoxy) is 1. The van der Waals surface area contributed by atoms with E-state index in [-0.39, 0.29) is 17.9 Å². The van der Waals surface area contributed by atoms with Crippen molar-refractivity contribution in [2.45, 2.75) is 0 Å². The van der Waals surface area contributed by atoms with E-state index in [1.54, 1.807) is 12.1 Å². The highest BCUT2D eigenvalue weighted by molar-refractivity contribution is 9.11. The van der Waals surface area contributed by atoms with Gasteiger partial charge in [0.2, 0.25) is 5.95 Å². The first-order valence-corrected chi connectivity index (χ1v) is 6.41. The van der Waals surface area contributed by atoms with Crippen molar-refractivity contribution in [1.82, 2.24) is 15.2 Å². The molecule has 0 aliphatic rings. The molecule has 0 atom stereocenters. The Morgan fingerprint density at radius 3 is 2.56 bits per heavy atom.